The maximum absolute atomic E-state index is 9.48. The number of aliphatic hydroxyl groups is 1. The molecule has 1 saturated heterocycles. The van der Waals surface area contributed by atoms with E-state index in [9.17, 15) is 5.11 Å². The third-order valence-electron chi connectivity index (χ3n) is 4.08. The van der Waals surface area contributed by atoms with Crippen molar-refractivity contribution in [3.63, 3.8) is 0 Å². The topological polar surface area (TPSA) is 32.7 Å². The van der Waals surface area contributed by atoms with Crippen LogP contribution < -0.4 is 4.74 Å². The van der Waals surface area contributed by atoms with Crippen LogP contribution in [-0.2, 0) is 5.41 Å². The van der Waals surface area contributed by atoms with E-state index in [0.29, 0.717) is 0 Å². The van der Waals surface area contributed by atoms with E-state index in [1.54, 1.807) is 0 Å². The van der Waals surface area contributed by atoms with Crippen molar-refractivity contribution in [3.05, 3.63) is 29.8 Å². The number of hydrogen-bond acceptors (Lipinski definition) is 3. The molecule has 1 fully saturated rings. The van der Waals surface area contributed by atoms with Crippen LogP contribution >= 0.6 is 0 Å². The Morgan fingerprint density at radius 1 is 1.29 bits per heavy atom. The van der Waals surface area contributed by atoms with Crippen LogP contribution in [0.3, 0.4) is 0 Å². The minimum atomic E-state index is -0.110. The van der Waals surface area contributed by atoms with Crippen molar-refractivity contribution < 1.29 is 9.84 Å². The summed E-state index contributed by atoms with van der Waals surface area (Å²) >= 11 is 0. The first-order valence-corrected chi connectivity index (χ1v) is 8.09. The van der Waals surface area contributed by atoms with Crippen molar-refractivity contribution in [1.29, 1.82) is 0 Å². The number of unbranched alkanes of at least 4 members (excludes halogenated alkanes) is 1. The molecule has 1 aromatic carbocycles. The summed E-state index contributed by atoms with van der Waals surface area (Å²) in [6.45, 7) is 10.4. The average molecular weight is 291 g/mol. The Kier molecular flexibility index (Phi) is 5.65. The van der Waals surface area contributed by atoms with Crippen LogP contribution in [0.2, 0.25) is 0 Å². The summed E-state index contributed by atoms with van der Waals surface area (Å²) in [4.78, 5) is 2.34. The molecule has 0 amide bonds. The molecule has 1 N–H and O–H groups in total. The summed E-state index contributed by atoms with van der Waals surface area (Å²) in [6.07, 6.45) is 3.01. The van der Waals surface area contributed by atoms with Crippen molar-refractivity contribution >= 4 is 0 Å². The number of hydrogen-bond donors (Lipinski definition) is 1. The highest BCUT2D eigenvalue weighted by atomic mass is 16.5. The monoisotopic (exact) mass is 291 g/mol. The highest BCUT2D eigenvalue weighted by Gasteiger charge is 2.19. The Bertz CT molecular complexity index is 439. The normalized spacial score (nSPS) is 19.9. The van der Waals surface area contributed by atoms with Gasteiger partial charge in [-0.1, -0.05) is 32.9 Å². The summed E-state index contributed by atoms with van der Waals surface area (Å²) in [5.41, 5.74) is 1.47. The molecule has 1 aliphatic rings. The van der Waals surface area contributed by atoms with Gasteiger partial charge in [-0.2, -0.15) is 0 Å². The van der Waals surface area contributed by atoms with Crippen molar-refractivity contribution in [3.8, 4) is 5.75 Å². The zero-order chi connectivity index (χ0) is 15.3. The quantitative estimate of drug-likeness (QED) is 0.817. The lowest BCUT2D eigenvalue weighted by atomic mass is 9.87. The molecule has 1 heterocycles. The summed E-state index contributed by atoms with van der Waals surface area (Å²) in [5, 5.41) is 9.48. The minimum Gasteiger partial charge on any atom is -0.494 e. The van der Waals surface area contributed by atoms with Gasteiger partial charge in [-0.15, -0.1) is 0 Å². The summed E-state index contributed by atoms with van der Waals surface area (Å²) in [6, 6.07) is 8.41. The smallest absolute Gasteiger partial charge is 0.119 e. The van der Waals surface area contributed by atoms with Gasteiger partial charge >= 0.3 is 0 Å². The van der Waals surface area contributed by atoms with Gasteiger partial charge in [0.25, 0.3) is 0 Å². The molecule has 1 aromatic rings. The zero-order valence-corrected chi connectivity index (χ0v) is 13.6. The zero-order valence-electron chi connectivity index (χ0n) is 13.6. The molecular weight excluding hydrogens is 262 g/mol. The second-order valence-electron chi connectivity index (χ2n) is 7.08. The van der Waals surface area contributed by atoms with Crippen LogP contribution in [0.4, 0.5) is 0 Å². The Labute approximate surface area is 128 Å². The van der Waals surface area contributed by atoms with E-state index in [0.717, 1.165) is 51.3 Å². The van der Waals surface area contributed by atoms with Crippen LogP contribution in [0.5, 0.6) is 5.75 Å². The van der Waals surface area contributed by atoms with Crippen LogP contribution in [0.25, 0.3) is 0 Å². The third-order valence-corrected chi connectivity index (χ3v) is 4.08. The molecule has 1 unspecified atom stereocenters. The molecule has 3 heteroatoms. The second-order valence-corrected chi connectivity index (χ2v) is 7.08. The predicted molar refractivity (Wildman–Crippen MR) is 86.9 cm³/mol. The van der Waals surface area contributed by atoms with Crippen LogP contribution in [0.15, 0.2) is 24.3 Å². The summed E-state index contributed by atoms with van der Waals surface area (Å²) < 4.78 is 5.86. The van der Waals surface area contributed by atoms with E-state index in [1.807, 2.05) is 6.07 Å². The molecule has 0 bridgehead atoms. The number of nitrogens with zero attached hydrogens (tertiary/aromatic N) is 1. The van der Waals surface area contributed by atoms with E-state index < -0.39 is 0 Å². The largest absolute Gasteiger partial charge is 0.494 e. The third kappa shape index (κ3) is 5.33. The van der Waals surface area contributed by atoms with Gasteiger partial charge in [-0.05, 0) is 48.9 Å². The van der Waals surface area contributed by atoms with E-state index in [1.165, 1.54) is 5.56 Å². The van der Waals surface area contributed by atoms with Gasteiger partial charge in [-0.25, -0.2) is 0 Å². The van der Waals surface area contributed by atoms with Gasteiger partial charge in [0.2, 0.25) is 0 Å². The van der Waals surface area contributed by atoms with Gasteiger partial charge in [-0.3, -0.25) is 0 Å². The van der Waals surface area contributed by atoms with Gasteiger partial charge in [0.1, 0.15) is 5.75 Å². The van der Waals surface area contributed by atoms with Gasteiger partial charge < -0.3 is 14.7 Å². The SMILES string of the molecule is CC(C)(C)c1cccc(OCCCCN2CCC(O)C2)c1. The number of likely N-dealkylation sites (tertiary alicyclic amines) is 1. The Balaban J connectivity index is 1.67. The number of benzene rings is 1. The molecule has 2 rings (SSSR count). The molecule has 0 aliphatic carbocycles. The molecule has 0 saturated carbocycles. The van der Waals surface area contributed by atoms with Crippen molar-refractivity contribution in [2.75, 3.05) is 26.2 Å². The van der Waals surface area contributed by atoms with E-state index in [2.05, 4.69) is 43.9 Å². The molecule has 0 radical (unpaired) electrons. The Morgan fingerprint density at radius 2 is 2.10 bits per heavy atom. The maximum Gasteiger partial charge on any atom is 0.119 e. The first-order chi connectivity index (χ1) is 9.95. The highest BCUT2D eigenvalue weighted by Crippen LogP contribution is 2.25. The first kappa shape index (κ1) is 16.3. The standard InChI is InChI=1S/C18H29NO2/c1-18(2,3)15-7-6-8-17(13-15)21-12-5-4-10-19-11-9-16(20)14-19/h6-8,13,16,20H,4-5,9-12,14H2,1-3H3. The Hall–Kier alpha value is -1.06. The summed E-state index contributed by atoms with van der Waals surface area (Å²) in [5.74, 6) is 0.971. The van der Waals surface area contributed by atoms with Crippen LogP contribution in [0, 0.1) is 0 Å². The first-order valence-electron chi connectivity index (χ1n) is 8.09. The number of rotatable bonds is 6. The van der Waals surface area contributed by atoms with Crippen molar-refractivity contribution in [2.24, 2.45) is 0 Å². The summed E-state index contributed by atoms with van der Waals surface area (Å²) in [7, 11) is 0. The molecule has 1 atom stereocenters. The fourth-order valence-corrected chi connectivity index (χ4v) is 2.70. The van der Waals surface area contributed by atoms with Crippen molar-refractivity contribution in [2.45, 2.75) is 51.6 Å². The highest BCUT2D eigenvalue weighted by molar-refractivity contribution is 5.32. The second kappa shape index (κ2) is 7.28. The molecule has 3 nitrogen and oxygen atoms in total. The molecular formula is C18H29NO2. The minimum absolute atomic E-state index is 0.110. The molecule has 118 valence electrons. The van der Waals surface area contributed by atoms with E-state index >= 15 is 0 Å². The van der Waals surface area contributed by atoms with Crippen molar-refractivity contribution in [1.82, 2.24) is 4.90 Å². The Morgan fingerprint density at radius 3 is 2.76 bits per heavy atom. The average Bonchev–Trinajstić information content (AvgIpc) is 2.83. The fourth-order valence-electron chi connectivity index (χ4n) is 2.70. The lowest BCUT2D eigenvalue weighted by Crippen LogP contribution is -2.23. The van der Waals surface area contributed by atoms with Gasteiger partial charge in [0, 0.05) is 13.1 Å². The fraction of sp³-hybridized carbons (Fsp3) is 0.667. The predicted octanol–water partition coefficient (Wildman–Crippen LogP) is 3.21. The number of β-amino-alcohol motifs (C(OH)–C–C–N with tert-alkyl or cyclic N) is 1. The van der Waals surface area contributed by atoms with Crippen LogP contribution in [-0.4, -0.2) is 42.4 Å². The lowest BCUT2D eigenvalue weighted by Gasteiger charge is -2.20. The van der Waals surface area contributed by atoms with Gasteiger partial charge in [0.05, 0.1) is 12.7 Å². The molecule has 1 aliphatic heterocycles. The number of aliphatic hydroxyl groups excluding tert-OH is 1. The van der Waals surface area contributed by atoms with E-state index in [-0.39, 0.29) is 11.5 Å². The molecule has 21 heavy (non-hydrogen) atoms. The van der Waals surface area contributed by atoms with Gasteiger partial charge in [0.15, 0.2) is 0 Å². The maximum atomic E-state index is 9.48. The van der Waals surface area contributed by atoms with E-state index in [4.69, 9.17) is 4.74 Å². The van der Waals surface area contributed by atoms with Crippen LogP contribution in [0.1, 0.15) is 45.6 Å². The molecule has 0 aromatic heterocycles. The molecule has 0 spiro atoms. The lowest BCUT2D eigenvalue weighted by molar-refractivity contribution is 0.175. The number of ether oxygens (including phenoxy) is 1.